The molecule has 2 aromatic heterocycles. The maximum Gasteiger partial charge on any atom is 0.340 e. The summed E-state index contributed by atoms with van der Waals surface area (Å²) in [6.07, 6.45) is 0. The van der Waals surface area contributed by atoms with Crippen molar-refractivity contribution < 1.29 is 28.4 Å². The second-order valence-corrected chi connectivity index (χ2v) is 7.64. The van der Waals surface area contributed by atoms with Crippen molar-refractivity contribution in [2.75, 3.05) is 12.4 Å². The van der Waals surface area contributed by atoms with E-state index >= 15 is 0 Å². The van der Waals surface area contributed by atoms with Crippen LogP contribution in [-0.4, -0.2) is 23.9 Å². The summed E-state index contributed by atoms with van der Waals surface area (Å²) < 4.78 is 15.6. The Kier molecular flexibility index (Phi) is 6.38. The second kappa shape index (κ2) is 8.97. The second-order valence-electron chi connectivity index (χ2n) is 5.97. The van der Waals surface area contributed by atoms with E-state index in [2.05, 4.69) is 5.32 Å². The minimum atomic E-state index is -0.562. The third-order valence-corrected chi connectivity index (χ3v) is 5.15. The molecule has 0 spiro atoms. The molecule has 0 aliphatic heterocycles. The van der Waals surface area contributed by atoms with Gasteiger partial charge in [0.15, 0.2) is 5.76 Å². The molecule has 2 heterocycles. The molecule has 0 aliphatic rings. The van der Waals surface area contributed by atoms with Crippen molar-refractivity contribution in [1.82, 2.24) is 0 Å². The number of nitrogens with zero attached hydrogens (tertiary/aromatic N) is 1. The number of thiophene rings is 1. The van der Waals surface area contributed by atoms with Crippen LogP contribution in [-0.2, 0) is 11.3 Å². The van der Waals surface area contributed by atoms with E-state index in [0.29, 0.717) is 10.8 Å². The van der Waals surface area contributed by atoms with Gasteiger partial charge in [0.1, 0.15) is 23.1 Å². The number of carbonyl (C=O) groups is 2. The number of anilines is 1. The lowest BCUT2D eigenvalue weighted by Gasteiger charge is -2.06. The number of amides is 1. The van der Waals surface area contributed by atoms with Crippen LogP contribution in [0.4, 0.5) is 10.7 Å². The van der Waals surface area contributed by atoms with E-state index in [9.17, 15) is 19.7 Å². The number of ether oxygens (including phenoxy) is 2. The molecule has 0 atom stereocenters. The standard InChI is InChI=1S/C19H15ClN2O7S/c1-10-7-13(19(24)27-2)18(30-10)21-17(23)15-6-4-12(29-15)9-28-16-8-11(22(25)26)3-5-14(16)20/h3-8H,9H2,1-2H3,(H,21,23). The highest BCUT2D eigenvalue weighted by Crippen LogP contribution is 2.30. The number of hydrogen-bond donors (Lipinski definition) is 1. The van der Waals surface area contributed by atoms with E-state index in [1.54, 1.807) is 13.0 Å². The zero-order valence-electron chi connectivity index (χ0n) is 15.8. The highest BCUT2D eigenvalue weighted by Gasteiger charge is 2.20. The number of carbonyl (C=O) groups excluding carboxylic acids is 2. The van der Waals surface area contributed by atoms with E-state index in [4.69, 9.17) is 25.5 Å². The number of furan rings is 1. The number of methoxy groups -OCH3 is 1. The molecule has 3 aromatic rings. The number of rotatable bonds is 7. The molecule has 1 amide bonds. The Morgan fingerprint density at radius 2 is 2.03 bits per heavy atom. The summed E-state index contributed by atoms with van der Waals surface area (Å²) in [6, 6.07) is 8.42. The predicted molar refractivity (Wildman–Crippen MR) is 109 cm³/mol. The summed E-state index contributed by atoms with van der Waals surface area (Å²) in [5, 5.41) is 14.0. The highest BCUT2D eigenvalue weighted by molar-refractivity contribution is 7.16. The molecule has 30 heavy (non-hydrogen) atoms. The van der Waals surface area contributed by atoms with Gasteiger partial charge in [0.25, 0.3) is 11.6 Å². The number of non-ortho nitro benzene ring substituents is 1. The average Bonchev–Trinajstić information content (AvgIpc) is 3.33. The molecule has 9 nitrogen and oxygen atoms in total. The molecule has 0 fully saturated rings. The lowest BCUT2D eigenvalue weighted by Crippen LogP contribution is -2.13. The molecule has 11 heteroatoms. The largest absolute Gasteiger partial charge is 0.484 e. The minimum Gasteiger partial charge on any atom is -0.484 e. The molecule has 156 valence electrons. The predicted octanol–water partition coefficient (Wildman–Crippen LogP) is 4.83. The van der Waals surface area contributed by atoms with Crippen molar-refractivity contribution in [1.29, 1.82) is 0 Å². The molecule has 0 radical (unpaired) electrons. The van der Waals surface area contributed by atoms with Crippen molar-refractivity contribution in [2.45, 2.75) is 13.5 Å². The SMILES string of the molecule is COC(=O)c1cc(C)sc1NC(=O)c1ccc(COc2cc([N+](=O)[O-])ccc2Cl)o1. The quantitative estimate of drug-likeness (QED) is 0.311. The van der Waals surface area contributed by atoms with Crippen LogP contribution in [0.15, 0.2) is 40.8 Å². The summed E-state index contributed by atoms with van der Waals surface area (Å²) in [6.45, 7) is 1.70. The van der Waals surface area contributed by atoms with Crippen LogP contribution in [0.2, 0.25) is 5.02 Å². The van der Waals surface area contributed by atoms with E-state index in [-0.39, 0.29) is 34.4 Å². The summed E-state index contributed by atoms with van der Waals surface area (Å²) in [5.41, 5.74) is 0.0883. The van der Waals surface area contributed by atoms with Gasteiger partial charge in [-0.1, -0.05) is 11.6 Å². The molecule has 0 bridgehead atoms. The van der Waals surface area contributed by atoms with Crippen molar-refractivity contribution in [3.8, 4) is 5.75 Å². The summed E-state index contributed by atoms with van der Waals surface area (Å²) >= 11 is 7.22. The van der Waals surface area contributed by atoms with E-state index in [1.165, 1.54) is 48.8 Å². The normalized spacial score (nSPS) is 10.5. The number of hydrogen-bond acceptors (Lipinski definition) is 8. The molecule has 0 saturated carbocycles. The van der Waals surface area contributed by atoms with Crippen LogP contribution in [0.1, 0.15) is 31.6 Å². The van der Waals surface area contributed by atoms with Crippen molar-refractivity contribution in [2.24, 2.45) is 0 Å². The van der Waals surface area contributed by atoms with Crippen molar-refractivity contribution >= 4 is 45.5 Å². The molecule has 3 rings (SSSR count). The lowest BCUT2D eigenvalue weighted by molar-refractivity contribution is -0.384. The van der Waals surface area contributed by atoms with Gasteiger partial charge in [-0.15, -0.1) is 11.3 Å². The Balaban J connectivity index is 1.68. The fraction of sp³-hybridized carbons (Fsp3) is 0.158. The summed E-state index contributed by atoms with van der Waals surface area (Å²) in [5.74, 6) is -0.692. The van der Waals surface area contributed by atoms with E-state index < -0.39 is 16.8 Å². The number of esters is 1. The zero-order chi connectivity index (χ0) is 21.8. The number of aryl methyl sites for hydroxylation is 1. The van der Waals surface area contributed by atoms with Crippen LogP contribution in [0.3, 0.4) is 0 Å². The lowest BCUT2D eigenvalue weighted by atomic mass is 10.3. The van der Waals surface area contributed by atoms with Crippen LogP contribution >= 0.6 is 22.9 Å². The molecule has 0 unspecified atom stereocenters. The zero-order valence-corrected chi connectivity index (χ0v) is 17.3. The van der Waals surface area contributed by atoms with Gasteiger partial charge in [-0.05, 0) is 31.2 Å². The average molecular weight is 451 g/mol. The van der Waals surface area contributed by atoms with E-state index in [0.717, 1.165) is 4.88 Å². The number of benzene rings is 1. The first kappa shape index (κ1) is 21.3. The molecule has 1 aromatic carbocycles. The van der Waals surface area contributed by atoms with Gasteiger partial charge in [0, 0.05) is 10.9 Å². The summed E-state index contributed by atoms with van der Waals surface area (Å²) in [7, 11) is 1.26. The van der Waals surface area contributed by atoms with Gasteiger partial charge in [-0.2, -0.15) is 0 Å². The third-order valence-electron chi connectivity index (χ3n) is 3.87. The molecule has 0 saturated heterocycles. The number of nitro benzene ring substituents is 1. The van der Waals surface area contributed by atoms with Crippen molar-refractivity contribution in [3.05, 3.63) is 73.5 Å². The van der Waals surface area contributed by atoms with Gasteiger partial charge in [0.2, 0.25) is 0 Å². The van der Waals surface area contributed by atoms with Gasteiger partial charge in [0.05, 0.1) is 28.7 Å². The minimum absolute atomic E-state index is 0.000563. The van der Waals surface area contributed by atoms with Crippen LogP contribution in [0.25, 0.3) is 0 Å². The topological polar surface area (TPSA) is 121 Å². The number of nitro groups is 1. The highest BCUT2D eigenvalue weighted by atomic mass is 35.5. The maximum absolute atomic E-state index is 12.5. The molecular formula is C19H15ClN2O7S. The maximum atomic E-state index is 12.5. The Hall–Kier alpha value is -3.37. The molecule has 1 N–H and O–H groups in total. The first-order valence-corrected chi connectivity index (χ1v) is 9.63. The smallest absolute Gasteiger partial charge is 0.340 e. The van der Waals surface area contributed by atoms with Crippen LogP contribution < -0.4 is 10.1 Å². The summed E-state index contributed by atoms with van der Waals surface area (Å²) in [4.78, 5) is 35.4. The Morgan fingerprint density at radius 1 is 1.27 bits per heavy atom. The van der Waals surface area contributed by atoms with Gasteiger partial charge in [-0.25, -0.2) is 4.79 Å². The molecular weight excluding hydrogens is 436 g/mol. The number of nitrogens with one attached hydrogen (secondary N) is 1. The Morgan fingerprint density at radius 3 is 2.73 bits per heavy atom. The first-order valence-electron chi connectivity index (χ1n) is 8.44. The van der Waals surface area contributed by atoms with Gasteiger partial charge in [-0.3, -0.25) is 14.9 Å². The monoisotopic (exact) mass is 450 g/mol. The van der Waals surface area contributed by atoms with E-state index in [1.807, 2.05) is 0 Å². The fourth-order valence-electron chi connectivity index (χ4n) is 2.48. The number of halogens is 1. The Labute approximate surface area is 179 Å². The first-order chi connectivity index (χ1) is 14.3. The van der Waals surface area contributed by atoms with Crippen LogP contribution in [0.5, 0.6) is 5.75 Å². The van der Waals surface area contributed by atoms with Gasteiger partial charge < -0.3 is 19.2 Å². The molecule has 0 aliphatic carbocycles. The van der Waals surface area contributed by atoms with Crippen molar-refractivity contribution in [3.63, 3.8) is 0 Å². The van der Waals surface area contributed by atoms with Crippen LogP contribution in [0, 0.1) is 17.0 Å². The third kappa shape index (κ3) is 4.78. The fourth-order valence-corrected chi connectivity index (χ4v) is 3.54. The van der Waals surface area contributed by atoms with Gasteiger partial charge >= 0.3 is 5.97 Å². The Bertz CT molecular complexity index is 1120.